The molecule has 0 aliphatic rings. The van der Waals surface area contributed by atoms with Gasteiger partial charge in [0.25, 0.3) is 0 Å². The minimum absolute atomic E-state index is 0. The highest BCUT2D eigenvalue weighted by Crippen LogP contribution is 2.33. The molecule has 8 heteroatoms. The molecule has 0 unspecified atom stereocenters. The minimum atomic E-state index is -0.246. The summed E-state index contributed by atoms with van der Waals surface area (Å²) in [5, 5.41) is 18.1. The average molecular weight is 379 g/mol. The third kappa shape index (κ3) is 3.43. The molecule has 138 valence electrons. The van der Waals surface area contributed by atoms with Crippen LogP contribution in [0.3, 0.4) is 0 Å². The summed E-state index contributed by atoms with van der Waals surface area (Å²) in [6.07, 6.45) is 0. The van der Waals surface area contributed by atoms with E-state index in [0.29, 0.717) is 28.6 Å². The number of methoxy groups -OCH3 is 1. The molecule has 0 aliphatic heterocycles. The van der Waals surface area contributed by atoms with Gasteiger partial charge in [-0.3, -0.25) is 4.57 Å². The van der Waals surface area contributed by atoms with Crippen molar-refractivity contribution in [3.05, 3.63) is 47.8 Å². The number of aromatic hydroxyl groups is 1. The Hall–Kier alpha value is -2.80. The summed E-state index contributed by atoms with van der Waals surface area (Å²) in [4.78, 5) is 1.83. The van der Waals surface area contributed by atoms with E-state index < -0.39 is 0 Å². The first kappa shape index (κ1) is 19.5. The second-order valence-electron chi connectivity index (χ2n) is 5.76. The van der Waals surface area contributed by atoms with Crippen LogP contribution in [0.4, 0.5) is 16.0 Å². The zero-order valence-electron chi connectivity index (χ0n) is 14.9. The molecule has 0 radical (unpaired) electrons. The van der Waals surface area contributed by atoms with Crippen molar-refractivity contribution in [1.82, 2.24) is 14.8 Å². The van der Waals surface area contributed by atoms with Gasteiger partial charge in [-0.05, 0) is 42.8 Å². The Labute approximate surface area is 157 Å². The van der Waals surface area contributed by atoms with E-state index in [4.69, 9.17) is 4.74 Å². The van der Waals surface area contributed by atoms with Gasteiger partial charge in [0.15, 0.2) is 5.82 Å². The van der Waals surface area contributed by atoms with E-state index in [-0.39, 0.29) is 24.0 Å². The zero-order valence-corrected chi connectivity index (χ0v) is 15.7. The molecule has 1 heterocycles. The lowest BCUT2D eigenvalue weighted by atomic mass is 10.2. The molecule has 0 fully saturated rings. The molecular formula is C18H20ClFN4O2. The van der Waals surface area contributed by atoms with E-state index in [1.54, 1.807) is 31.2 Å². The molecule has 1 N–H and O–H groups in total. The molecule has 0 saturated heterocycles. The van der Waals surface area contributed by atoms with Gasteiger partial charge in [0.2, 0.25) is 5.95 Å². The smallest absolute Gasteiger partial charge is 0.231 e. The number of aryl methyl sites for hydroxylation is 1. The van der Waals surface area contributed by atoms with Crippen molar-refractivity contribution in [3.63, 3.8) is 0 Å². The van der Waals surface area contributed by atoms with Gasteiger partial charge in [0, 0.05) is 25.8 Å². The van der Waals surface area contributed by atoms with Crippen LogP contribution in [0.15, 0.2) is 36.4 Å². The van der Waals surface area contributed by atoms with Gasteiger partial charge in [-0.2, -0.15) is 0 Å². The Morgan fingerprint density at radius 2 is 1.88 bits per heavy atom. The highest BCUT2D eigenvalue weighted by Gasteiger charge is 2.18. The molecular weight excluding hydrogens is 359 g/mol. The van der Waals surface area contributed by atoms with Crippen LogP contribution in [-0.2, 0) is 7.05 Å². The number of phenols is 1. The number of anilines is 2. The molecule has 0 aliphatic carbocycles. The number of benzene rings is 2. The molecule has 0 bridgehead atoms. The van der Waals surface area contributed by atoms with Crippen LogP contribution < -0.4 is 9.64 Å². The van der Waals surface area contributed by atoms with Crippen molar-refractivity contribution >= 4 is 24.0 Å². The normalized spacial score (nSPS) is 10.3. The molecule has 1 aromatic heterocycles. The summed E-state index contributed by atoms with van der Waals surface area (Å²) in [7, 11) is 5.21. The number of phenolic OH excluding ortho intramolecular Hbond substituents is 1. The van der Waals surface area contributed by atoms with E-state index in [1.807, 2.05) is 23.6 Å². The first-order valence-corrected chi connectivity index (χ1v) is 7.69. The fraction of sp³-hybridized carbons (Fsp3) is 0.222. The van der Waals surface area contributed by atoms with E-state index in [0.717, 1.165) is 5.69 Å². The van der Waals surface area contributed by atoms with Crippen LogP contribution in [0.25, 0.3) is 11.4 Å². The van der Waals surface area contributed by atoms with Crippen LogP contribution in [-0.4, -0.2) is 34.0 Å². The lowest BCUT2D eigenvalue weighted by Gasteiger charge is -2.19. The van der Waals surface area contributed by atoms with Crippen LogP contribution in [0.5, 0.6) is 11.5 Å². The topological polar surface area (TPSA) is 63.4 Å². The van der Waals surface area contributed by atoms with E-state index >= 15 is 0 Å². The lowest BCUT2D eigenvalue weighted by molar-refractivity contribution is 0.409. The van der Waals surface area contributed by atoms with E-state index in [1.165, 1.54) is 19.2 Å². The number of rotatable bonds is 4. The predicted octanol–water partition coefficient (Wildman–Crippen LogP) is 3.83. The second kappa shape index (κ2) is 7.61. The maximum absolute atomic E-state index is 13.5. The predicted molar refractivity (Wildman–Crippen MR) is 101 cm³/mol. The quantitative estimate of drug-likeness (QED) is 0.747. The SMILES string of the molecule is COc1cc(O)ccc1-c1nnc(N(C)c2ccc(F)c(C)c2)n1C.Cl. The van der Waals surface area contributed by atoms with E-state index in [9.17, 15) is 9.50 Å². The van der Waals surface area contributed by atoms with Gasteiger partial charge in [-0.15, -0.1) is 22.6 Å². The average Bonchev–Trinajstić information content (AvgIpc) is 2.98. The third-order valence-corrected chi connectivity index (χ3v) is 4.11. The summed E-state index contributed by atoms with van der Waals surface area (Å²) >= 11 is 0. The highest BCUT2D eigenvalue weighted by atomic mass is 35.5. The Morgan fingerprint density at radius 3 is 2.54 bits per heavy atom. The molecule has 3 aromatic rings. The number of nitrogens with zero attached hydrogens (tertiary/aromatic N) is 4. The molecule has 3 rings (SSSR count). The van der Waals surface area contributed by atoms with Crippen molar-refractivity contribution in [1.29, 1.82) is 0 Å². The first-order chi connectivity index (χ1) is 11.9. The second-order valence-corrected chi connectivity index (χ2v) is 5.76. The van der Waals surface area contributed by atoms with Crippen molar-refractivity contribution in [2.45, 2.75) is 6.92 Å². The third-order valence-electron chi connectivity index (χ3n) is 4.11. The van der Waals surface area contributed by atoms with Crippen molar-refractivity contribution in [2.24, 2.45) is 7.05 Å². The number of ether oxygens (including phenoxy) is 1. The molecule has 0 amide bonds. The van der Waals surface area contributed by atoms with Gasteiger partial charge in [0.05, 0.1) is 12.7 Å². The number of hydrogen-bond donors (Lipinski definition) is 1. The Kier molecular flexibility index (Phi) is 5.72. The molecule has 0 spiro atoms. The zero-order chi connectivity index (χ0) is 18.1. The standard InChI is InChI=1S/C18H19FN4O2.ClH/c1-11-9-12(5-8-15(11)19)22(2)18-21-20-17(23(18)3)14-7-6-13(24)10-16(14)25-4;/h5-10,24H,1-4H3;1H. The van der Waals surface area contributed by atoms with Gasteiger partial charge < -0.3 is 14.7 Å². The van der Waals surface area contributed by atoms with Crippen molar-refractivity contribution < 1.29 is 14.2 Å². The Morgan fingerprint density at radius 1 is 1.15 bits per heavy atom. The molecule has 2 aromatic carbocycles. The summed E-state index contributed by atoms with van der Waals surface area (Å²) in [5.41, 5.74) is 2.08. The highest BCUT2D eigenvalue weighted by molar-refractivity contribution is 5.85. The monoisotopic (exact) mass is 378 g/mol. The largest absolute Gasteiger partial charge is 0.508 e. The molecule has 0 atom stereocenters. The summed E-state index contributed by atoms with van der Waals surface area (Å²) in [5.74, 6) is 1.56. The fourth-order valence-corrected chi connectivity index (χ4v) is 2.67. The van der Waals surface area contributed by atoms with Gasteiger partial charge in [-0.25, -0.2) is 4.39 Å². The van der Waals surface area contributed by atoms with Crippen LogP contribution in [0, 0.1) is 12.7 Å². The Balaban J connectivity index is 0.00000243. The van der Waals surface area contributed by atoms with Gasteiger partial charge in [-0.1, -0.05) is 0 Å². The minimum Gasteiger partial charge on any atom is -0.508 e. The molecule has 26 heavy (non-hydrogen) atoms. The number of hydrogen-bond acceptors (Lipinski definition) is 5. The van der Waals surface area contributed by atoms with Crippen LogP contribution in [0.2, 0.25) is 0 Å². The number of halogens is 2. The fourth-order valence-electron chi connectivity index (χ4n) is 2.67. The number of aromatic nitrogens is 3. The summed E-state index contributed by atoms with van der Waals surface area (Å²) in [6.45, 7) is 1.72. The molecule has 0 saturated carbocycles. The van der Waals surface area contributed by atoms with Gasteiger partial charge >= 0.3 is 0 Å². The van der Waals surface area contributed by atoms with Crippen LogP contribution in [0.1, 0.15) is 5.56 Å². The lowest BCUT2D eigenvalue weighted by Crippen LogP contribution is -2.15. The van der Waals surface area contributed by atoms with Gasteiger partial charge in [0.1, 0.15) is 17.3 Å². The first-order valence-electron chi connectivity index (χ1n) is 7.69. The maximum Gasteiger partial charge on any atom is 0.231 e. The van der Waals surface area contributed by atoms with Crippen LogP contribution >= 0.6 is 12.4 Å². The van der Waals surface area contributed by atoms with Crippen molar-refractivity contribution in [3.8, 4) is 22.9 Å². The summed E-state index contributed by atoms with van der Waals surface area (Å²) in [6, 6.07) is 9.70. The van der Waals surface area contributed by atoms with Crippen molar-refractivity contribution in [2.75, 3.05) is 19.1 Å². The summed E-state index contributed by atoms with van der Waals surface area (Å²) < 4.78 is 20.6. The Bertz CT molecular complexity index is 930. The van der Waals surface area contributed by atoms with E-state index in [2.05, 4.69) is 10.2 Å². The maximum atomic E-state index is 13.5. The molecule has 6 nitrogen and oxygen atoms in total.